The van der Waals surface area contributed by atoms with Gasteiger partial charge in [-0.1, -0.05) is 31.9 Å². The third-order valence-corrected chi connectivity index (χ3v) is 3.60. The smallest absolute Gasteiger partial charge is 0.0633 e. The van der Waals surface area contributed by atoms with Gasteiger partial charge in [0.2, 0.25) is 0 Å². The van der Waals surface area contributed by atoms with E-state index in [2.05, 4.69) is 31.9 Å². The molecule has 0 saturated heterocycles. The third kappa shape index (κ3) is 3.87. The predicted octanol–water partition coefficient (Wildman–Crippen LogP) is 2.34. The van der Waals surface area contributed by atoms with Gasteiger partial charge in [-0.25, -0.2) is 0 Å². The fourth-order valence-electron chi connectivity index (χ4n) is 0.430. The van der Waals surface area contributed by atoms with Crippen molar-refractivity contribution in [2.75, 3.05) is 0 Å². The molecule has 0 saturated carbocycles. The summed E-state index contributed by atoms with van der Waals surface area (Å²) in [5.74, 6) is 0. The van der Waals surface area contributed by atoms with Crippen LogP contribution in [0.1, 0.15) is 12.8 Å². The number of rotatable bonds is 3. The van der Waals surface area contributed by atoms with Crippen molar-refractivity contribution < 1.29 is 0 Å². The Labute approximate surface area is 77.1 Å². The Balaban J connectivity index is 3.63. The first kappa shape index (κ1) is 9.94. The number of hydrogen-bond acceptors (Lipinski definition) is 2. The van der Waals surface area contributed by atoms with Crippen LogP contribution < -0.4 is 0 Å². The Morgan fingerprint density at radius 1 is 1.00 bits per heavy atom. The van der Waals surface area contributed by atoms with Crippen molar-refractivity contribution in [1.29, 1.82) is 10.5 Å². The van der Waals surface area contributed by atoms with Crippen molar-refractivity contribution in [2.24, 2.45) is 0 Å². The van der Waals surface area contributed by atoms with E-state index in [0.29, 0.717) is 12.8 Å². The Hall–Kier alpha value is -0.0600. The standard InChI is InChI=1S/C6H6Br2N2/c7-5(1-3-9)6(8)2-4-10/h5-6H,1-2H2/t5-,6+. The minimum absolute atomic E-state index is 0.0807. The molecule has 0 rings (SSSR count). The van der Waals surface area contributed by atoms with E-state index in [9.17, 15) is 0 Å². The summed E-state index contributed by atoms with van der Waals surface area (Å²) in [5, 5.41) is 16.5. The number of hydrogen-bond donors (Lipinski definition) is 0. The van der Waals surface area contributed by atoms with Crippen LogP contribution in [0.2, 0.25) is 0 Å². The van der Waals surface area contributed by atoms with Gasteiger partial charge in [-0.3, -0.25) is 0 Å². The summed E-state index contributed by atoms with van der Waals surface area (Å²) < 4.78 is 0. The average molecular weight is 266 g/mol. The van der Waals surface area contributed by atoms with E-state index in [1.54, 1.807) is 0 Å². The van der Waals surface area contributed by atoms with E-state index < -0.39 is 0 Å². The highest BCUT2D eigenvalue weighted by atomic mass is 79.9. The molecule has 0 aliphatic heterocycles. The second kappa shape index (κ2) is 5.70. The Morgan fingerprint density at radius 3 is 1.50 bits per heavy atom. The summed E-state index contributed by atoms with van der Waals surface area (Å²) in [4.78, 5) is 0.161. The molecule has 0 aliphatic rings. The van der Waals surface area contributed by atoms with E-state index in [4.69, 9.17) is 10.5 Å². The van der Waals surface area contributed by atoms with Crippen LogP contribution >= 0.6 is 31.9 Å². The minimum Gasteiger partial charge on any atom is -0.198 e. The summed E-state index contributed by atoms with van der Waals surface area (Å²) in [6, 6.07) is 4.04. The zero-order valence-electron chi connectivity index (χ0n) is 5.22. The van der Waals surface area contributed by atoms with Crippen molar-refractivity contribution in [3.05, 3.63) is 0 Å². The van der Waals surface area contributed by atoms with Crippen LogP contribution in [0.5, 0.6) is 0 Å². The summed E-state index contributed by atoms with van der Waals surface area (Å²) >= 11 is 6.57. The first-order valence-corrected chi connectivity index (χ1v) is 4.57. The molecule has 10 heavy (non-hydrogen) atoms. The van der Waals surface area contributed by atoms with Gasteiger partial charge >= 0.3 is 0 Å². The second-order valence-corrected chi connectivity index (χ2v) is 4.11. The van der Waals surface area contributed by atoms with Crippen molar-refractivity contribution in [3.63, 3.8) is 0 Å². The first-order valence-electron chi connectivity index (χ1n) is 2.74. The fraction of sp³-hybridized carbons (Fsp3) is 0.667. The van der Waals surface area contributed by atoms with Gasteiger partial charge in [-0.15, -0.1) is 0 Å². The highest BCUT2D eigenvalue weighted by Gasteiger charge is 2.14. The van der Waals surface area contributed by atoms with Crippen LogP contribution in [0.25, 0.3) is 0 Å². The number of halogens is 2. The van der Waals surface area contributed by atoms with E-state index in [1.807, 2.05) is 12.1 Å². The highest BCUT2D eigenvalue weighted by Crippen LogP contribution is 2.19. The van der Waals surface area contributed by atoms with Gasteiger partial charge in [0.15, 0.2) is 0 Å². The molecule has 0 N–H and O–H groups in total. The SMILES string of the molecule is N#CC[C@@H](Br)[C@@H](Br)CC#N. The van der Waals surface area contributed by atoms with Gasteiger partial charge in [-0.2, -0.15) is 10.5 Å². The topological polar surface area (TPSA) is 47.6 Å². The van der Waals surface area contributed by atoms with Crippen LogP contribution in [0.15, 0.2) is 0 Å². The largest absolute Gasteiger partial charge is 0.198 e. The van der Waals surface area contributed by atoms with E-state index in [1.165, 1.54) is 0 Å². The predicted molar refractivity (Wildman–Crippen MR) is 45.9 cm³/mol. The molecule has 0 aromatic carbocycles. The van der Waals surface area contributed by atoms with Crippen LogP contribution in [-0.4, -0.2) is 9.65 Å². The summed E-state index contributed by atoms with van der Waals surface area (Å²) in [5.41, 5.74) is 0. The molecule has 0 radical (unpaired) electrons. The van der Waals surface area contributed by atoms with E-state index in [-0.39, 0.29) is 9.65 Å². The monoisotopic (exact) mass is 264 g/mol. The molecule has 2 nitrogen and oxygen atoms in total. The molecule has 0 bridgehead atoms. The normalized spacial score (nSPS) is 14.8. The molecule has 0 fully saturated rings. The first-order chi connectivity index (χ1) is 4.72. The quantitative estimate of drug-likeness (QED) is 0.736. The van der Waals surface area contributed by atoms with Gasteiger partial charge < -0.3 is 0 Å². The molecule has 0 aromatic rings. The molecule has 0 aromatic heterocycles. The lowest BCUT2D eigenvalue weighted by molar-refractivity contribution is 0.836. The van der Waals surface area contributed by atoms with Gasteiger partial charge in [0.1, 0.15) is 0 Å². The number of nitrogens with zero attached hydrogens (tertiary/aromatic N) is 2. The number of nitriles is 2. The Kier molecular flexibility index (Phi) is 5.67. The molecule has 0 spiro atoms. The van der Waals surface area contributed by atoms with Crippen molar-refractivity contribution in [2.45, 2.75) is 22.5 Å². The van der Waals surface area contributed by atoms with Crippen molar-refractivity contribution >= 4 is 31.9 Å². The van der Waals surface area contributed by atoms with E-state index in [0.717, 1.165) is 0 Å². The Morgan fingerprint density at radius 2 is 1.30 bits per heavy atom. The van der Waals surface area contributed by atoms with Gasteiger partial charge in [0.05, 0.1) is 12.1 Å². The molecule has 2 atom stereocenters. The molecule has 0 amide bonds. The maximum Gasteiger partial charge on any atom is 0.0633 e. The van der Waals surface area contributed by atoms with E-state index >= 15 is 0 Å². The highest BCUT2D eigenvalue weighted by molar-refractivity contribution is 9.12. The minimum atomic E-state index is 0.0807. The lowest BCUT2D eigenvalue weighted by Crippen LogP contribution is -2.11. The average Bonchev–Trinajstić information content (AvgIpc) is 1.89. The summed E-state index contributed by atoms with van der Waals surface area (Å²) in [7, 11) is 0. The zero-order chi connectivity index (χ0) is 7.98. The molecular formula is C6H6Br2N2. The molecular weight excluding hydrogens is 260 g/mol. The molecule has 0 aliphatic carbocycles. The van der Waals surface area contributed by atoms with Gasteiger partial charge in [-0.05, 0) is 0 Å². The maximum absolute atomic E-state index is 8.27. The van der Waals surface area contributed by atoms with Crippen LogP contribution in [0, 0.1) is 22.7 Å². The lowest BCUT2D eigenvalue weighted by Gasteiger charge is -2.08. The Bertz CT molecular complexity index is 148. The molecule has 54 valence electrons. The molecule has 0 unspecified atom stereocenters. The van der Waals surface area contributed by atoms with Gasteiger partial charge in [0, 0.05) is 22.5 Å². The van der Waals surface area contributed by atoms with Gasteiger partial charge in [0.25, 0.3) is 0 Å². The maximum atomic E-state index is 8.27. The summed E-state index contributed by atoms with van der Waals surface area (Å²) in [6.07, 6.45) is 0.856. The van der Waals surface area contributed by atoms with Crippen LogP contribution in [0.3, 0.4) is 0 Å². The van der Waals surface area contributed by atoms with Crippen molar-refractivity contribution in [1.82, 2.24) is 0 Å². The van der Waals surface area contributed by atoms with Crippen LogP contribution in [-0.2, 0) is 0 Å². The molecule has 4 heteroatoms. The molecule has 0 heterocycles. The lowest BCUT2D eigenvalue weighted by atomic mass is 10.2. The fourth-order valence-corrected chi connectivity index (χ4v) is 1.09. The zero-order valence-corrected chi connectivity index (χ0v) is 8.39. The number of alkyl halides is 2. The van der Waals surface area contributed by atoms with Crippen LogP contribution in [0.4, 0.5) is 0 Å². The third-order valence-electron chi connectivity index (χ3n) is 0.965. The second-order valence-electron chi connectivity index (χ2n) is 1.76. The summed E-state index contributed by atoms with van der Waals surface area (Å²) in [6.45, 7) is 0. The van der Waals surface area contributed by atoms with Crippen molar-refractivity contribution in [3.8, 4) is 12.1 Å².